The molecule has 1 N–H and O–H groups in total. The van der Waals surface area contributed by atoms with Crippen molar-refractivity contribution in [1.29, 1.82) is 0 Å². The van der Waals surface area contributed by atoms with E-state index in [4.69, 9.17) is 4.74 Å². The molecule has 2 fully saturated rings. The van der Waals surface area contributed by atoms with Crippen molar-refractivity contribution in [2.75, 3.05) is 59.7 Å². The lowest BCUT2D eigenvalue weighted by atomic mass is 9.95. The molecule has 2 aliphatic heterocycles. The van der Waals surface area contributed by atoms with Gasteiger partial charge in [0.25, 0.3) is 11.7 Å². The van der Waals surface area contributed by atoms with E-state index in [1.54, 1.807) is 11.8 Å². The number of hydrogen-bond donors (Lipinski definition) is 1. The average molecular weight is 560 g/mol. The number of carbonyl (C=O) groups is 2. The molecule has 1 unspecified atom stereocenters. The number of hydrogen-bond acceptors (Lipinski definition) is 8. The van der Waals surface area contributed by atoms with Gasteiger partial charge < -0.3 is 14.7 Å². The minimum absolute atomic E-state index is 0.00138. The van der Waals surface area contributed by atoms with Crippen molar-refractivity contribution in [3.8, 4) is 0 Å². The lowest BCUT2D eigenvalue weighted by molar-refractivity contribution is -0.140. The predicted octanol–water partition coefficient (Wildman–Crippen LogP) is 2.80. The Balaban J connectivity index is 1.68. The van der Waals surface area contributed by atoms with Crippen molar-refractivity contribution in [3.05, 3.63) is 65.2 Å². The Kier molecular flexibility index (Phi) is 8.94. The van der Waals surface area contributed by atoms with E-state index in [9.17, 15) is 23.1 Å². The van der Waals surface area contributed by atoms with Crippen LogP contribution < -0.4 is 0 Å². The zero-order chi connectivity index (χ0) is 27.4. The number of aliphatic hydroxyl groups excluding tert-OH is 1. The van der Waals surface area contributed by atoms with Crippen molar-refractivity contribution >= 4 is 39.2 Å². The number of nitrogens with zero attached hydrogens (tertiary/aromatic N) is 3. The lowest BCUT2D eigenvalue weighted by Crippen LogP contribution is -2.38. The minimum atomic E-state index is -3.65. The molecule has 0 radical (unpaired) electrons. The molecule has 204 valence electrons. The molecule has 2 saturated heterocycles. The molecule has 2 aromatic rings. The minimum Gasteiger partial charge on any atom is -0.507 e. The van der Waals surface area contributed by atoms with Crippen molar-refractivity contribution < 1.29 is 27.9 Å². The Morgan fingerprint density at radius 3 is 2.24 bits per heavy atom. The number of benzene rings is 2. The van der Waals surface area contributed by atoms with Crippen LogP contribution in [0.2, 0.25) is 0 Å². The number of ketones is 1. The molecular weight excluding hydrogens is 526 g/mol. The van der Waals surface area contributed by atoms with E-state index in [1.807, 2.05) is 30.5 Å². The van der Waals surface area contributed by atoms with E-state index in [2.05, 4.69) is 4.90 Å². The van der Waals surface area contributed by atoms with E-state index in [1.165, 1.54) is 43.3 Å². The van der Waals surface area contributed by atoms with Crippen LogP contribution in [-0.2, 0) is 24.3 Å². The second-order valence-corrected chi connectivity index (χ2v) is 12.4. The third kappa shape index (κ3) is 5.81. The van der Waals surface area contributed by atoms with Crippen molar-refractivity contribution in [1.82, 2.24) is 14.1 Å². The molecule has 2 aliphatic rings. The second kappa shape index (κ2) is 12.0. The summed E-state index contributed by atoms with van der Waals surface area (Å²) in [4.78, 5) is 31.4. The summed E-state index contributed by atoms with van der Waals surface area (Å²) in [5.41, 5.74) is 0.989. The number of aliphatic hydroxyl groups is 1. The SMILES string of the molecule is CSc1ccc(C2C(=C(O)c3ccc(S(=O)(=O)N(C)C)cc3)C(=O)C(=O)N2CCCN2CCOCC2)cc1. The molecule has 38 heavy (non-hydrogen) atoms. The standard InChI is InChI=1S/C27H33N3O6S2/c1-28(2)38(34,35)22-11-7-20(8-12-22)25(31)23-24(19-5-9-21(37-3)10-6-19)30(27(33)26(23)32)14-4-13-29-15-17-36-18-16-29/h5-12,24,31H,4,13-18H2,1-3H3. The Labute approximate surface area is 228 Å². The second-order valence-electron chi connectivity index (χ2n) is 9.39. The summed E-state index contributed by atoms with van der Waals surface area (Å²) in [5, 5.41) is 11.3. The predicted molar refractivity (Wildman–Crippen MR) is 146 cm³/mol. The number of Topliss-reactive ketones (excluding diaryl/α,β-unsaturated/α-hetero) is 1. The summed E-state index contributed by atoms with van der Waals surface area (Å²) >= 11 is 1.58. The van der Waals surface area contributed by atoms with Crippen LogP contribution in [0.3, 0.4) is 0 Å². The van der Waals surface area contributed by atoms with Gasteiger partial charge in [-0.2, -0.15) is 0 Å². The quantitative estimate of drug-likeness (QED) is 0.216. The smallest absolute Gasteiger partial charge is 0.295 e. The molecule has 1 amide bonds. The Hall–Kier alpha value is -2.70. The van der Waals surface area contributed by atoms with Gasteiger partial charge in [0.05, 0.1) is 29.7 Å². The lowest BCUT2D eigenvalue weighted by Gasteiger charge is -2.29. The summed E-state index contributed by atoms with van der Waals surface area (Å²) in [7, 11) is -0.781. The fourth-order valence-electron chi connectivity index (χ4n) is 4.68. The normalized spacial score (nSPS) is 20.4. The van der Waals surface area contributed by atoms with Crippen LogP contribution >= 0.6 is 11.8 Å². The third-order valence-corrected chi connectivity index (χ3v) is 9.43. The van der Waals surface area contributed by atoms with Gasteiger partial charge in [0.1, 0.15) is 5.76 Å². The summed E-state index contributed by atoms with van der Waals surface area (Å²) < 4.78 is 31.4. The Bertz CT molecular complexity index is 1300. The largest absolute Gasteiger partial charge is 0.507 e. The summed E-state index contributed by atoms with van der Waals surface area (Å²) in [6.07, 6.45) is 2.64. The first kappa shape index (κ1) is 28.3. The van der Waals surface area contributed by atoms with Gasteiger partial charge in [-0.3, -0.25) is 14.5 Å². The number of carbonyl (C=O) groups excluding carboxylic acids is 2. The van der Waals surface area contributed by atoms with Gasteiger partial charge in [0, 0.05) is 50.7 Å². The number of rotatable bonds is 9. The maximum Gasteiger partial charge on any atom is 0.295 e. The highest BCUT2D eigenvalue weighted by Gasteiger charge is 2.45. The van der Waals surface area contributed by atoms with Gasteiger partial charge >= 0.3 is 0 Å². The molecule has 0 aromatic heterocycles. The molecule has 0 spiro atoms. The van der Waals surface area contributed by atoms with E-state index < -0.39 is 27.8 Å². The number of sulfonamides is 1. The number of amides is 1. The van der Waals surface area contributed by atoms with Crippen LogP contribution in [0.5, 0.6) is 0 Å². The Morgan fingerprint density at radius 2 is 1.66 bits per heavy atom. The first-order valence-electron chi connectivity index (χ1n) is 12.4. The highest BCUT2D eigenvalue weighted by molar-refractivity contribution is 7.98. The summed E-state index contributed by atoms with van der Waals surface area (Å²) in [6.45, 7) is 4.15. The van der Waals surface area contributed by atoms with Crippen LogP contribution in [0.25, 0.3) is 5.76 Å². The van der Waals surface area contributed by atoms with Gasteiger partial charge in [0.2, 0.25) is 10.0 Å². The van der Waals surface area contributed by atoms with Gasteiger partial charge in [0.15, 0.2) is 0 Å². The molecule has 2 heterocycles. The van der Waals surface area contributed by atoms with Crippen LogP contribution in [0.1, 0.15) is 23.6 Å². The highest BCUT2D eigenvalue weighted by atomic mass is 32.2. The van der Waals surface area contributed by atoms with E-state index >= 15 is 0 Å². The van der Waals surface area contributed by atoms with E-state index in [0.29, 0.717) is 26.2 Å². The summed E-state index contributed by atoms with van der Waals surface area (Å²) in [6, 6.07) is 12.5. The van der Waals surface area contributed by atoms with Gasteiger partial charge in [-0.25, -0.2) is 12.7 Å². The zero-order valence-corrected chi connectivity index (χ0v) is 23.4. The summed E-state index contributed by atoms with van der Waals surface area (Å²) in [5.74, 6) is -1.73. The van der Waals surface area contributed by atoms with E-state index in [0.717, 1.165) is 34.4 Å². The monoisotopic (exact) mass is 559 g/mol. The molecule has 0 saturated carbocycles. The van der Waals surface area contributed by atoms with Crippen molar-refractivity contribution in [3.63, 3.8) is 0 Å². The van der Waals surface area contributed by atoms with Gasteiger partial charge in [-0.15, -0.1) is 11.8 Å². The fourth-order valence-corrected chi connectivity index (χ4v) is 5.99. The van der Waals surface area contributed by atoms with Crippen LogP contribution in [0.4, 0.5) is 0 Å². The van der Waals surface area contributed by atoms with Crippen LogP contribution in [0, 0.1) is 0 Å². The maximum atomic E-state index is 13.3. The molecule has 0 bridgehead atoms. The number of morpholine rings is 1. The van der Waals surface area contributed by atoms with Gasteiger partial charge in [-0.1, -0.05) is 12.1 Å². The van der Waals surface area contributed by atoms with Gasteiger partial charge in [-0.05, 0) is 54.6 Å². The average Bonchev–Trinajstić information content (AvgIpc) is 3.18. The fraction of sp³-hybridized carbons (Fsp3) is 0.407. The van der Waals surface area contributed by atoms with Crippen LogP contribution in [0.15, 0.2) is 63.9 Å². The zero-order valence-electron chi connectivity index (χ0n) is 21.8. The first-order valence-corrected chi connectivity index (χ1v) is 15.1. The first-order chi connectivity index (χ1) is 18.1. The number of ether oxygens (including phenoxy) is 1. The Morgan fingerprint density at radius 1 is 1.03 bits per heavy atom. The van der Waals surface area contributed by atoms with Crippen molar-refractivity contribution in [2.45, 2.75) is 22.3 Å². The molecule has 11 heteroatoms. The molecule has 2 aromatic carbocycles. The third-order valence-electron chi connectivity index (χ3n) is 6.85. The molecule has 1 atom stereocenters. The van der Waals surface area contributed by atoms with Crippen LogP contribution in [-0.4, -0.2) is 99.1 Å². The number of likely N-dealkylation sites (tertiary alicyclic amines) is 1. The molecule has 0 aliphatic carbocycles. The molecule has 4 rings (SSSR count). The van der Waals surface area contributed by atoms with E-state index in [-0.39, 0.29) is 21.8 Å². The molecule has 9 nitrogen and oxygen atoms in total. The number of thioether (sulfide) groups is 1. The highest BCUT2D eigenvalue weighted by Crippen LogP contribution is 2.40. The maximum absolute atomic E-state index is 13.3. The topological polar surface area (TPSA) is 107 Å². The molecular formula is C27H33N3O6S2. The van der Waals surface area contributed by atoms with Crippen molar-refractivity contribution in [2.24, 2.45) is 0 Å².